The summed E-state index contributed by atoms with van der Waals surface area (Å²) in [6.45, 7) is 2.66. The van der Waals surface area contributed by atoms with Crippen molar-refractivity contribution in [1.29, 1.82) is 0 Å². The van der Waals surface area contributed by atoms with Crippen molar-refractivity contribution in [3.8, 4) is 0 Å². The lowest BCUT2D eigenvalue weighted by atomic mass is 10.0. The molecule has 1 aromatic heterocycles. The Hall–Kier alpha value is -2.60. The normalized spacial score (nSPS) is 17.7. The van der Waals surface area contributed by atoms with E-state index >= 15 is 0 Å². The third-order valence-electron chi connectivity index (χ3n) is 5.29. The van der Waals surface area contributed by atoms with Gasteiger partial charge in [-0.1, -0.05) is 6.07 Å². The number of amides is 2. The van der Waals surface area contributed by atoms with Crippen molar-refractivity contribution in [3.63, 3.8) is 0 Å². The Kier molecular flexibility index (Phi) is 5.25. The van der Waals surface area contributed by atoms with Crippen molar-refractivity contribution < 1.29 is 14.0 Å². The van der Waals surface area contributed by atoms with E-state index in [1.807, 2.05) is 4.90 Å². The standard InChI is InChI=1S/C21H25N3O3/c25-20(19-5-2-12-27-19)23-18-4-1-3-16(13-18)21(26)24-10-8-17(9-11-24)22-14-15-6-7-15/h1-5,12-13,15,17,22H,6-11,14H2,(H,23,25). The first-order chi connectivity index (χ1) is 13.2. The van der Waals surface area contributed by atoms with Gasteiger partial charge in [0.05, 0.1) is 6.26 Å². The molecule has 6 nitrogen and oxygen atoms in total. The van der Waals surface area contributed by atoms with Crippen molar-refractivity contribution in [2.24, 2.45) is 5.92 Å². The zero-order valence-electron chi connectivity index (χ0n) is 15.3. The van der Waals surface area contributed by atoms with Gasteiger partial charge in [0.15, 0.2) is 5.76 Å². The van der Waals surface area contributed by atoms with Gasteiger partial charge >= 0.3 is 0 Å². The van der Waals surface area contributed by atoms with E-state index in [9.17, 15) is 9.59 Å². The van der Waals surface area contributed by atoms with E-state index in [1.54, 1.807) is 36.4 Å². The summed E-state index contributed by atoms with van der Waals surface area (Å²) < 4.78 is 5.10. The molecule has 0 bridgehead atoms. The van der Waals surface area contributed by atoms with Gasteiger partial charge in [0, 0.05) is 30.4 Å². The Balaban J connectivity index is 1.32. The van der Waals surface area contributed by atoms with Gasteiger partial charge in [-0.05, 0) is 68.5 Å². The van der Waals surface area contributed by atoms with Crippen molar-refractivity contribution in [2.75, 3.05) is 25.0 Å². The number of benzene rings is 1. The van der Waals surface area contributed by atoms with Crippen LogP contribution in [0, 0.1) is 5.92 Å². The molecular formula is C21H25N3O3. The fourth-order valence-corrected chi connectivity index (χ4v) is 3.46. The summed E-state index contributed by atoms with van der Waals surface area (Å²) in [5, 5.41) is 6.40. The average molecular weight is 367 g/mol. The van der Waals surface area contributed by atoms with Crippen LogP contribution in [0.15, 0.2) is 47.1 Å². The van der Waals surface area contributed by atoms with Crippen LogP contribution in [-0.2, 0) is 0 Å². The average Bonchev–Trinajstić information content (AvgIpc) is 3.36. The fourth-order valence-electron chi connectivity index (χ4n) is 3.46. The lowest BCUT2D eigenvalue weighted by Crippen LogP contribution is -2.45. The number of anilines is 1. The molecule has 1 aliphatic carbocycles. The van der Waals surface area contributed by atoms with Crippen LogP contribution < -0.4 is 10.6 Å². The third-order valence-corrected chi connectivity index (χ3v) is 5.29. The second-order valence-electron chi connectivity index (χ2n) is 7.43. The SMILES string of the molecule is O=C(Nc1cccc(C(=O)N2CCC(NCC3CC3)CC2)c1)c1ccco1. The summed E-state index contributed by atoms with van der Waals surface area (Å²) in [6.07, 6.45) is 6.16. The number of hydrogen-bond donors (Lipinski definition) is 2. The molecule has 2 amide bonds. The maximum Gasteiger partial charge on any atom is 0.291 e. The minimum atomic E-state index is -0.327. The Morgan fingerprint density at radius 1 is 1.07 bits per heavy atom. The topological polar surface area (TPSA) is 74.6 Å². The molecule has 2 aromatic rings. The number of hydrogen-bond acceptors (Lipinski definition) is 4. The van der Waals surface area contributed by atoms with Gasteiger partial charge in [0.2, 0.25) is 0 Å². The van der Waals surface area contributed by atoms with E-state index in [1.165, 1.54) is 19.1 Å². The zero-order valence-corrected chi connectivity index (χ0v) is 15.3. The monoisotopic (exact) mass is 367 g/mol. The first-order valence-corrected chi connectivity index (χ1v) is 9.66. The van der Waals surface area contributed by atoms with Gasteiger partial charge in [-0.25, -0.2) is 0 Å². The highest BCUT2D eigenvalue weighted by atomic mass is 16.3. The largest absolute Gasteiger partial charge is 0.459 e. The van der Waals surface area contributed by atoms with Crippen LogP contribution in [0.5, 0.6) is 0 Å². The Morgan fingerprint density at radius 3 is 2.59 bits per heavy atom. The molecule has 0 unspecified atom stereocenters. The first-order valence-electron chi connectivity index (χ1n) is 9.66. The molecule has 1 saturated carbocycles. The Labute approximate surface area is 158 Å². The first kappa shape index (κ1) is 17.8. The van der Waals surface area contributed by atoms with Gasteiger partial charge in [-0.2, -0.15) is 0 Å². The minimum absolute atomic E-state index is 0.0183. The number of furan rings is 1. The number of likely N-dealkylation sites (tertiary alicyclic amines) is 1. The van der Waals surface area contributed by atoms with Gasteiger partial charge < -0.3 is 20.0 Å². The smallest absolute Gasteiger partial charge is 0.291 e. The lowest BCUT2D eigenvalue weighted by molar-refractivity contribution is 0.0704. The third kappa shape index (κ3) is 4.57. The maximum atomic E-state index is 12.8. The second kappa shape index (κ2) is 7.96. The summed E-state index contributed by atoms with van der Waals surface area (Å²) in [5.41, 5.74) is 1.18. The number of carbonyl (C=O) groups is 2. The highest BCUT2D eigenvalue weighted by molar-refractivity contribution is 6.03. The summed E-state index contributed by atoms with van der Waals surface area (Å²) >= 11 is 0. The fraction of sp³-hybridized carbons (Fsp3) is 0.429. The van der Waals surface area contributed by atoms with Gasteiger partial charge in [-0.15, -0.1) is 0 Å². The van der Waals surface area contributed by atoms with Crippen LogP contribution in [-0.4, -0.2) is 42.4 Å². The van der Waals surface area contributed by atoms with E-state index in [4.69, 9.17) is 4.42 Å². The zero-order chi connectivity index (χ0) is 18.6. The predicted molar refractivity (Wildman–Crippen MR) is 103 cm³/mol. The van der Waals surface area contributed by atoms with E-state index < -0.39 is 0 Å². The summed E-state index contributed by atoms with van der Waals surface area (Å²) in [6, 6.07) is 10.9. The molecule has 1 aliphatic heterocycles. The minimum Gasteiger partial charge on any atom is -0.459 e. The quantitative estimate of drug-likeness (QED) is 0.823. The highest BCUT2D eigenvalue weighted by Crippen LogP contribution is 2.28. The molecule has 0 spiro atoms. The molecule has 0 radical (unpaired) electrons. The number of carbonyl (C=O) groups excluding carboxylic acids is 2. The molecule has 1 aromatic carbocycles. The van der Waals surface area contributed by atoms with E-state index in [-0.39, 0.29) is 17.6 Å². The molecule has 142 valence electrons. The molecule has 2 aliphatic rings. The lowest BCUT2D eigenvalue weighted by Gasteiger charge is -2.32. The molecule has 27 heavy (non-hydrogen) atoms. The van der Waals surface area contributed by atoms with Gasteiger partial charge in [-0.3, -0.25) is 9.59 Å². The van der Waals surface area contributed by atoms with E-state index in [2.05, 4.69) is 10.6 Å². The molecule has 2 fully saturated rings. The number of nitrogens with zero attached hydrogens (tertiary/aromatic N) is 1. The molecule has 6 heteroatoms. The van der Waals surface area contributed by atoms with Crippen LogP contribution in [0.3, 0.4) is 0 Å². The maximum absolute atomic E-state index is 12.8. The summed E-state index contributed by atoms with van der Waals surface area (Å²) in [7, 11) is 0. The van der Waals surface area contributed by atoms with E-state index in [0.717, 1.165) is 38.4 Å². The van der Waals surface area contributed by atoms with Gasteiger partial charge in [0.1, 0.15) is 0 Å². The summed E-state index contributed by atoms with van der Waals surface area (Å²) in [5.74, 6) is 0.813. The number of rotatable bonds is 6. The van der Waals surface area contributed by atoms with Crippen molar-refractivity contribution >= 4 is 17.5 Å². The van der Waals surface area contributed by atoms with Crippen molar-refractivity contribution in [1.82, 2.24) is 10.2 Å². The second-order valence-corrected chi connectivity index (χ2v) is 7.43. The molecular weight excluding hydrogens is 342 g/mol. The Bertz CT molecular complexity index is 791. The van der Waals surface area contributed by atoms with Crippen LogP contribution in [0.2, 0.25) is 0 Å². The highest BCUT2D eigenvalue weighted by Gasteiger charge is 2.26. The van der Waals surface area contributed by atoms with Crippen LogP contribution in [0.25, 0.3) is 0 Å². The molecule has 0 atom stereocenters. The number of piperidine rings is 1. The van der Waals surface area contributed by atoms with Crippen molar-refractivity contribution in [3.05, 3.63) is 54.0 Å². The van der Waals surface area contributed by atoms with E-state index in [0.29, 0.717) is 17.3 Å². The number of nitrogens with one attached hydrogen (secondary N) is 2. The van der Waals surface area contributed by atoms with Crippen LogP contribution in [0.4, 0.5) is 5.69 Å². The van der Waals surface area contributed by atoms with Crippen molar-refractivity contribution in [2.45, 2.75) is 31.7 Å². The summed E-state index contributed by atoms with van der Waals surface area (Å²) in [4.78, 5) is 26.8. The predicted octanol–water partition coefficient (Wildman–Crippen LogP) is 3.14. The molecule has 4 rings (SSSR count). The van der Waals surface area contributed by atoms with Crippen LogP contribution in [0.1, 0.15) is 46.6 Å². The molecule has 1 saturated heterocycles. The van der Waals surface area contributed by atoms with Crippen LogP contribution >= 0.6 is 0 Å². The molecule has 2 heterocycles. The van der Waals surface area contributed by atoms with Gasteiger partial charge in [0.25, 0.3) is 11.8 Å². The molecule has 2 N–H and O–H groups in total. The Morgan fingerprint density at radius 2 is 1.89 bits per heavy atom.